The summed E-state index contributed by atoms with van der Waals surface area (Å²) < 4.78 is 21.8. The summed E-state index contributed by atoms with van der Waals surface area (Å²) >= 11 is 6.24. The molecule has 0 heterocycles. The smallest absolute Gasteiger partial charge is 0.271 e. The lowest BCUT2D eigenvalue weighted by molar-refractivity contribution is 0.0954. The van der Waals surface area contributed by atoms with Crippen molar-refractivity contribution in [3.8, 4) is 23.0 Å². The molecule has 2 rings (SSSR count). The van der Waals surface area contributed by atoms with E-state index in [0.29, 0.717) is 59.0 Å². The van der Waals surface area contributed by atoms with Crippen molar-refractivity contribution < 1.29 is 23.7 Å². The molecule has 1 amide bonds. The number of carbonyl (C=O) groups excluding carboxylic acids is 1. The first-order chi connectivity index (χ1) is 14.0. The monoisotopic (exact) mass is 420 g/mol. The van der Waals surface area contributed by atoms with E-state index in [1.165, 1.54) is 13.3 Å². The Balaban J connectivity index is 2.13. The second-order valence-electron chi connectivity index (χ2n) is 5.69. The highest BCUT2D eigenvalue weighted by molar-refractivity contribution is 6.32. The number of hydrogen-bond donors (Lipinski definition) is 1. The van der Waals surface area contributed by atoms with Crippen molar-refractivity contribution in [1.82, 2.24) is 5.43 Å². The summed E-state index contributed by atoms with van der Waals surface area (Å²) in [6.45, 7) is 7.04. The van der Waals surface area contributed by atoms with E-state index in [-0.39, 0.29) is 5.91 Å². The van der Waals surface area contributed by atoms with Crippen molar-refractivity contribution in [1.29, 1.82) is 0 Å². The van der Waals surface area contributed by atoms with Crippen LogP contribution in [0.25, 0.3) is 0 Å². The third-order valence-electron chi connectivity index (χ3n) is 3.73. The van der Waals surface area contributed by atoms with Gasteiger partial charge < -0.3 is 18.9 Å². The van der Waals surface area contributed by atoms with Gasteiger partial charge in [0.2, 0.25) is 0 Å². The minimum absolute atomic E-state index is 0.380. The van der Waals surface area contributed by atoms with E-state index in [0.717, 1.165) is 0 Å². The number of nitrogens with one attached hydrogen (secondary N) is 1. The lowest BCUT2D eigenvalue weighted by atomic mass is 10.2. The highest BCUT2D eigenvalue weighted by Crippen LogP contribution is 2.36. The van der Waals surface area contributed by atoms with Gasteiger partial charge in [0.05, 0.1) is 38.2 Å². The van der Waals surface area contributed by atoms with Crippen LogP contribution in [0.1, 0.15) is 36.7 Å². The van der Waals surface area contributed by atoms with Crippen LogP contribution < -0.4 is 24.4 Å². The fourth-order valence-corrected chi connectivity index (χ4v) is 2.79. The van der Waals surface area contributed by atoms with Crippen LogP contribution in [0.15, 0.2) is 35.4 Å². The minimum atomic E-state index is -0.380. The summed E-state index contributed by atoms with van der Waals surface area (Å²) in [6.07, 6.45) is 1.47. The van der Waals surface area contributed by atoms with E-state index < -0.39 is 0 Å². The van der Waals surface area contributed by atoms with Gasteiger partial charge in [-0.05, 0) is 56.7 Å². The Bertz CT molecular complexity index is 870. The summed E-state index contributed by atoms with van der Waals surface area (Å²) in [4.78, 5) is 12.4. The standard InChI is InChI=1S/C21H25ClN2O5/c1-5-27-17-9-8-15(12-18(17)28-6-2)21(25)24-23-13-14-10-16(22)20(29-7-3)19(11-14)26-4/h8-13H,5-7H2,1-4H3,(H,24,25)/b23-13+. The second kappa shape index (κ2) is 11.2. The maximum absolute atomic E-state index is 12.4. The average molecular weight is 421 g/mol. The number of carbonyl (C=O) groups is 1. The van der Waals surface area contributed by atoms with Crippen molar-refractivity contribution in [2.45, 2.75) is 20.8 Å². The molecule has 156 valence electrons. The van der Waals surface area contributed by atoms with Gasteiger partial charge in [-0.1, -0.05) is 11.6 Å². The van der Waals surface area contributed by atoms with Crippen LogP contribution in [0, 0.1) is 0 Å². The topological polar surface area (TPSA) is 78.4 Å². The Hall–Kier alpha value is -2.93. The lowest BCUT2D eigenvalue weighted by Gasteiger charge is -2.12. The van der Waals surface area contributed by atoms with Gasteiger partial charge in [0.15, 0.2) is 23.0 Å². The van der Waals surface area contributed by atoms with Crippen LogP contribution in [0.3, 0.4) is 0 Å². The van der Waals surface area contributed by atoms with Gasteiger partial charge in [0.1, 0.15) is 0 Å². The maximum atomic E-state index is 12.4. The van der Waals surface area contributed by atoms with Gasteiger partial charge in [0.25, 0.3) is 5.91 Å². The van der Waals surface area contributed by atoms with Crippen molar-refractivity contribution in [3.05, 3.63) is 46.5 Å². The van der Waals surface area contributed by atoms with Crippen molar-refractivity contribution in [3.63, 3.8) is 0 Å². The summed E-state index contributed by atoms with van der Waals surface area (Å²) in [5, 5.41) is 4.39. The summed E-state index contributed by atoms with van der Waals surface area (Å²) in [6, 6.07) is 8.36. The van der Waals surface area contributed by atoms with Gasteiger partial charge >= 0.3 is 0 Å². The SMILES string of the molecule is CCOc1ccc(C(=O)N/N=C/c2cc(Cl)c(OCC)c(OC)c2)cc1OCC. The number of halogens is 1. The number of amides is 1. The highest BCUT2D eigenvalue weighted by atomic mass is 35.5. The molecule has 0 aliphatic carbocycles. The molecule has 0 fully saturated rings. The molecule has 0 aliphatic rings. The molecular formula is C21H25ClN2O5. The number of methoxy groups -OCH3 is 1. The zero-order valence-electron chi connectivity index (χ0n) is 17.0. The van der Waals surface area contributed by atoms with Crippen LogP contribution in [0.2, 0.25) is 5.02 Å². The van der Waals surface area contributed by atoms with Crippen LogP contribution in [-0.4, -0.2) is 39.1 Å². The molecule has 1 N–H and O–H groups in total. The summed E-state index contributed by atoms with van der Waals surface area (Å²) in [5.41, 5.74) is 3.53. The van der Waals surface area contributed by atoms with Crippen LogP contribution in [-0.2, 0) is 0 Å². The van der Waals surface area contributed by atoms with E-state index >= 15 is 0 Å². The first kappa shape index (κ1) is 22.4. The van der Waals surface area contributed by atoms with Crippen molar-refractivity contribution in [2.24, 2.45) is 5.10 Å². The van der Waals surface area contributed by atoms with Gasteiger partial charge in [-0.3, -0.25) is 4.79 Å². The molecule has 7 nitrogen and oxygen atoms in total. The van der Waals surface area contributed by atoms with Crippen LogP contribution in [0.4, 0.5) is 0 Å². The van der Waals surface area contributed by atoms with Crippen molar-refractivity contribution in [2.75, 3.05) is 26.9 Å². The third-order valence-corrected chi connectivity index (χ3v) is 4.01. The van der Waals surface area contributed by atoms with Crippen LogP contribution in [0.5, 0.6) is 23.0 Å². The van der Waals surface area contributed by atoms with Gasteiger partial charge in [-0.25, -0.2) is 5.43 Å². The van der Waals surface area contributed by atoms with E-state index in [9.17, 15) is 4.79 Å². The molecule has 2 aromatic carbocycles. The maximum Gasteiger partial charge on any atom is 0.271 e. The fourth-order valence-electron chi connectivity index (χ4n) is 2.52. The summed E-state index contributed by atoms with van der Waals surface area (Å²) in [7, 11) is 1.53. The normalized spacial score (nSPS) is 10.7. The van der Waals surface area contributed by atoms with Gasteiger partial charge in [-0.2, -0.15) is 5.10 Å². The van der Waals surface area contributed by atoms with E-state index in [2.05, 4.69) is 10.5 Å². The summed E-state index contributed by atoms with van der Waals surface area (Å²) in [5.74, 6) is 1.67. The Morgan fingerprint density at radius 3 is 2.34 bits per heavy atom. The number of ether oxygens (including phenoxy) is 4. The zero-order chi connectivity index (χ0) is 21.2. The van der Waals surface area contributed by atoms with E-state index in [4.69, 9.17) is 30.5 Å². The highest BCUT2D eigenvalue weighted by Gasteiger charge is 2.12. The third kappa shape index (κ3) is 6.02. The minimum Gasteiger partial charge on any atom is -0.493 e. The zero-order valence-corrected chi connectivity index (χ0v) is 17.7. The molecule has 0 atom stereocenters. The molecule has 29 heavy (non-hydrogen) atoms. The molecule has 2 aromatic rings. The molecule has 0 radical (unpaired) electrons. The van der Waals surface area contributed by atoms with Crippen LogP contribution >= 0.6 is 11.6 Å². The van der Waals surface area contributed by atoms with Gasteiger partial charge in [0, 0.05) is 5.56 Å². The number of hydrogen-bond acceptors (Lipinski definition) is 6. The Labute approximate surface area is 175 Å². The molecule has 0 saturated carbocycles. The second-order valence-corrected chi connectivity index (χ2v) is 6.10. The molecule has 0 bridgehead atoms. The molecule has 0 saturated heterocycles. The predicted molar refractivity (Wildman–Crippen MR) is 113 cm³/mol. The molecule has 0 aliphatic heterocycles. The molecule has 8 heteroatoms. The number of nitrogens with zero attached hydrogens (tertiary/aromatic N) is 1. The predicted octanol–water partition coefficient (Wildman–Crippen LogP) is 4.31. The molecule has 0 aromatic heterocycles. The number of hydrazone groups is 1. The molecule has 0 unspecified atom stereocenters. The van der Waals surface area contributed by atoms with Gasteiger partial charge in [-0.15, -0.1) is 0 Å². The Morgan fingerprint density at radius 2 is 1.69 bits per heavy atom. The first-order valence-electron chi connectivity index (χ1n) is 9.27. The van der Waals surface area contributed by atoms with E-state index in [1.807, 2.05) is 20.8 Å². The molecule has 0 spiro atoms. The van der Waals surface area contributed by atoms with Crippen molar-refractivity contribution >= 4 is 23.7 Å². The molecular weight excluding hydrogens is 396 g/mol. The number of rotatable bonds is 10. The van der Waals surface area contributed by atoms with E-state index in [1.54, 1.807) is 30.3 Å². The Morgan fingerprint density at radius 1 is 1.00 bits per heavy atom. The number of benzene rings is 2. The average Bonchev–Trinajstić information content (AvgIpc) is 2.71. The first-order valence-corrected chi connectivity index (χ1v) is 9.65. The Kier molecular flexibility index (Phi) is 8.61. The fraction of sp³-hybridized carbons (Fsp3) is 0.333. The quantitative estimate of drug-likeness (QED) is 0.457. The largest absolute Gasteiger partial charge is 0.493 e. The lowest BCUT2D eigenvalue weighted by Crippen LogP contribution is -2.17.